The van der Waals surface area contributed by atoms with Crippen molar-refractivity contribution in [1.29, 1.82) is 0 Å². The van der Waals surface area contributed by atoms with E-state index in [0.29, 0.717) is 0 Å². The summed E-state index contributed by atoms with van der Waals surface area (Å²) in [6.07, 6.45) is 0. The monoisotopic (exact) mass is 334 g/mol. The van der Waals surface area contributed by atoms with Gasteiger partial charge < -0.3 is 10.2 Å². The molecule has 0 aromatic heterocycles. The molecule has 2 rings (SSSR count). The van der Waals surface area contributed by atoms with Gasteiger partial charge in [-0.25, -0.2) is 8.42 Å². The highest BCUT2D eigenvalue weighted by molar-refractivity contribution is 7.91. The topological polar surface area (TPSA) is 109 Å². The quantitative estimate of drug-likeness (QED) is 0.831. The van der Waals surface area contributed by atoms with Crippen molar-refractivity contribution in [2.75, 3.05) is 0 Å². The first-order valence-corrected chi connectivity index (χ1v) is 8.06. The van der Waals surface area contributed by atoms with Crippen LogP contribution in [0.15, 0.2) is 46.2 Å². The average molecular weight is 334 g/mol. The average Bonchev–Trinajstić information content (AvgIpc) is 2.47. The molecular weight excluding hydrogens is 320 g/mol. The molecule has 2 aromatic rings. The summed E-state index contributed by atoms with van der Waals surface area (Å²) in [4.78, 5) is 21.8. The number of rotatable bonds is 4. The zero-order valence-corrected chi connectivity index (χ0v) is 13.2. The second kappa shape index (κ2) is 5.85. The first kappa shape index (κ1) is 16.7. The van der Waals surface area contributed by atoms with Gasteiger partial charge in [0.2, 0.25) is 9.84 Å². The molecule has 0 aliphatic heterocycles. The summed E-state index contributed by atoms with van der Waals surface area (Å²) in [6.45, 7) is 2.52. The van der Waals surface area contributed by atoms with Crippen molar-refractivity contribution in [3.63, 3.8) is 0 Å². The lowest BCUT2D eigenvalue weighted by molar-refractivity contribution is 0.100. The number of hydrogen-bond donors (Lipinski definition) is 2. The first-order valence-electron chi connectivity index (χ1n) is 6.57. The van der Waals surface area contributed by atoms with Crippen LogP contribution in [0, 0.1) is 0 Å². The lowest BCUT2D eigenvalue weighted by atomic mass is 10.1. The second-order valence-corrected chi connectivity index (χ2v) is 6.87. The number of carbonyl (C=O) groups excluding carboxylic acids is 2. The van der Waals surface area contributed by atoms with Crippen LogP contribution in [0.5, 0.6) is 11.5 Å². The summed E-state index contributed by atoms with van der Waals surface area (Å²) in [7, 11) is -4.32. The molecule has 0 spiro atoms. The van der Waals surface area contributed by atoms with Crippen molar-refractivity contribution >= 4 is 21.4 Å². The van der Waals surface area contributed by atoms with E-state index in [0.717, 1.165) is 24.3 Å². The predicted octanol–water partition coefficient (Wildman–Crippen LogP) is 2.34. The van der Waals surface area contributed by atoms with Crippen LogP contribution in [0.25, 0.3) is 0 Å². The fraction of sp³-hybridized carbons (Fsp3) is 0.125. The van der Waals surface area contributed by atoms with E-state index in [4.69, 9.17) is 0 Å². The van der Waals surface area contributed by atoms with Crippen molar-refractivity contribution < 1.29 is 28.2 Å². The highest BCUT2D eigenvalue weighted by atomic mass is 32.2. The molecule has 2 N–H and O–H groups in total. The Labute approximate surface area is 132 Å². The van der Waals surface area contributed by atoms with Crippen molar-refractivity contribution in [1.82, 2.24) is 0 Å². The molecular formula is C16H14O6S. The van der Waals surface area contributed by atoms with E-state index < -0.39 is 31.1 Å². The van der Waals surface area contributed by atoms with E-state index in [2.05, 4.69) is 0 Å². The Kier molecular flexibility index (Phi) is 4.24. The Morgan fingerprint density at radius 3 is 1.43 bits per heavy atom. The van der Waals surface area contributed by atoms with Gasteiger partial charge in [-0.05, 0) is 50.2 Å². The van der Waals surface area contributed by atoms with Gasteiger partial charge in [0.05, 0.1) is 0 Å². The minimum absolute atomic E-state index is 0.101. The zero-order chi connectivity index (χ0) is 17.4. The van der Waals surface area contributed by atoms with Gasteiger partial charge in [-0.1, -0.05) is 0 Å². The number of benzene rings is 2. The van der Waals surface area contributed by atoms with Crippen LogP contribution in [0.2, 0.25) is 0 Å². The van der Waals surface area contributed by atoms with Crippen LogP contribution in [-0.2, 0) is 9.84 Å². The Hall–Kier alpha value is -2.67. The molecule has 0 unspecified atom stereocenters. The molecule has 0 heterocycles. The Bertz CT molecular complexity index is 843. The number of sulfone groups is 1. The van der Waals surface area contributed by atoms with Crippen LogP contribution in [0.1, 0.15) is 34.6 Å². The number of ketones is 2. The summed E-state index contributed by atoms with van der Waals surface area (Å²) in [5.74, 6) is -1.85. The van der Waals surface area contributed by atoms with Gasteiger partial charge in [-0.15, -0.1) is 0 Å². The largest absolute Gasteiger partial charge is 0.507 e. The molecule has 0 aliphatic rings. The molecule has 0 saturated carbocycles. The van der Waals surface area contributed by atoms with Crippen LogP contribution >= 0.6 is 0 Å². The van der Waals surface area contributed by atoms with Gasteiger partial charge in [-0.3, -0.25) is 9.59 Å². The van der Waals surface area contributed by atoms with Gasteiger partial charge in [0.1, 0.15) is 21.3 Å². The fourth-order valence-corrected chi connectivity index (χ4v) is 3.50. The number of Topliss-reactive ketones (excluding diaryl/α,β-unsaturated/α-hetero) is 2. The Morgan fingerprint density at radius 2 is 1.13 bits per heavy atom. The van der Waals surface area contributed by atoms with Crippen LogP contribution in [0.4, 0.5) is 0 Å². The lowest BCUT2D eigenvalue weighted by Crippen LogP contribution is -2.06. The van der Waals surface area contributed by atoms with E-state index in [-0.39, 0.29) is 22.7 Å². The summed E-state index contributed by atoms with van der Waals surface area (Å²) in [6, 6.07) is 6.84. The van der Waals surface area contributed by atoms with E-state index in [9.17, 15) is 28.2 Å². The second-order valence-electron chi connectivity index (χ2n) is 4.98. The standard InChI is InChI=1S/C16H14O6S/c1-9(17)11-3-5-13(19)15(7-11)23(21,22)16-8-12(10(2)18)4-6-14(16)20/h3-8,19-20H,1-2H3. The van der Waals surface area contributed by atoms with E-state index in [1.54, 1.807) is 0 Å². The number of hydrogen-bond acceptors (Lipinski definition) is 6. The molecule has 120 valence electrons. The highest BCUT2D eigenvalue weighted by Gasteiger charge is 2.26. The molecule has 6 nitrogen and oxygen atoms in total. The lowest BCUT2D eigenvalue weighted by Gasteiger charge is -2.10. The minimum atomic E-state index is -4.32. The van der Waals surface area contributed by atoms with Gasteiger partial charge in [0.25, 0.3) is 0 Å². The summed E-state index contributed by atoms with van der Waals surface area (Å²) in [5, 5.41) is 19.7. The van der Waals surface area contributed by atoms with E-state index >= 15 is 0 Å². The van der Waals surface area contributed by atoms with Crippen molar-refractivity contribution in [3.8, 4) is 11.5 Å². The third-order valence-corrected chi connectivity index (χ3v) is 5.12. The van der Waals surface area contributed by atoms with E-state index in [1.807, 2.05) is 0 Å². The van der Waals surface area contributed by atoms with Crippen molar-refractivity contribution in [2.24, 2.45) is 0 Å². The maximum absolute atomic E-state index is 12.7. The molecule has 0 amide bonds. The number of carbonyl (C=O) groups is 2. The molecule has 0 aliphatic carbocycles. The third kappa shape index (κ3) is 3.09. The molecule has 7 heteroatoms. The number of phenolic OH excluding ortho intramolecular Hbond substituents is 2. The molecule has 2 aromatic carbocycles. The van der Waals surface area contributed by atoms with E-state index in [1.165, 1.54) is 26.0 Å². The smallest absolute Gasteiger partial charge is 0.213 e. The van der Waals surface area contributed by atoms with Crippen LogP contribution in [-0.4, -0.2) is 30.2 Å². The summed E-state index contributed by atoms with van der Waals surface area (Å²) < 4.78 is 25.4. The molecule has 0 saturated heterocycles. The highest BCUT2D eigenvalue weighted by Crippen LogP contribution is 2.34. The third-order valence-electron chi connectivity index (χ3n) is 3.31. The van der Waals surface area contributed by atoms with Gasteiger partial charge >= 0.3 is 0 Å². The summed E-state index contributed by atoms with van der Waals surface area (Å²) >= 11 is 0. The SMILES string of the molecule is CC(=O)c1ccc(O)c(S(=O)(=O)c2cc(C(C)=O)ccc2O)c1. The Morgan fingerprint density at radius 1 is 0.783 bits per heavy atom. The normalized spacial score (nSPS) is 11.2. The maximum Gasteiger partial charge on any atom is 0.213 e. The van der Waals surface area contributed by atoms with Crippen LogP contribution < -0.4 is 0 Å². The predicted molar refractivity (Wildman–Crippen MR) is 81.7 cm³/mol. The minimum Gasteiger partial charge on any atom is -0.507 e. The number of aromatic hydroxyl groups is 2. The first-order chi connectivity index (χ1) is 10.6. The molecule has 0 bridgehead atoms. The molecule has 0 radical (unpaired) electrons. The molecule has 0 fully saturated rings. The zero-order valence-electron chi connectivity index (χ0n) is 12.4. The van der Waals surface area contributed by atoms with Crippen molar-refractivity contribution in [2.45, 2.75) is 23.6 Å². The molecule has 23 heavy (non-hydrogen) atoms. The van der Waals surface area contributed by atoms with Gasteiger partial charge in [-0.2, -0.15) is 0 Å². The Balaban J connectivity index is 2.73. The maximum atomic E-state index is 12.7. The molecule has 0 atom stereocenters. The summed E-state index contributed by atoms with van der Waals surface area (Å²) in [5.41, 5.74) is 0.201. The van der Waals surface area contributed by atoms with Crippen molar-refractivity contribution in [3.05, 3.63) is 47.5 Å². The van der Waals surface area contributed by atoms with Gasteiger partial charge in [0, 0.05) is 11.1 Å². The van der Waals surface area contributed by atoms with Crippen LogP contribution in [0.3, 0.4) is 0 Å². The number of phenols is 2. The fourth-order valence-electron chi connectivity index (χ4n) is 2.02. The van der Waals surface area contributed by atoms with Gasteiger partial charge in [0.15, 0.2) is 11.6 Å².